The zero-order chi connectivity index (χ0) is 6.57. The van der Waals surface area contributed by atoms with Crippen molar-refractivity contribution in [2.24, 2.45) is 11.8 Å². The van der Waals surface area contributed by atoms with Gasteiger partial charge < -0.3 is 0 Å². The van der Waals surface area contributed by atoms with Crippen molar-refractivity contribution in [3.05, 3.63) is 6.42 Å². The maximum Gasteiger partial charge on any atom is 0.0994 e. The van der Waals surface area contributed by atoms with E-state index < -0.39 is 0 Å². The third-order valence-electron chi connectivity index (χ3n) is 1.76. The molecule has 0 heterocycles. The first-order valence-electron chi connectivity index (χ1n) is 3.51. The van der Waals surface area contributed by atoms with E-state index >= 15 is 0 Å². The fourth-order valence-corrected chi connectivity index (χ4v) is 1.09. The van der Waals surface area contributed by atoms with Crippen molar-refractivity contribution >= 4 is 0 Å². The summed E-state index contributed by atoms with van der Waals surface area (Å²) in [5.74, 6) is 1.65. The number of rotatable bonds is 3. The predicted octanol–water partition coefficient (Wildman–Crippen LogP) is 2.89. The molecule has 0 nitrogen and oxygen atoms in total. The van der Waals surface area contributed by atoms with E-state index in [0.29, 0.717) is 0 Å². The van der Waals surface area contributed by atoms with Crippen LogP contribution < -0.4 is 0 Å². The van der Waals surface area contributed by atoms with Gasteiger partial charge in [-0.1, -0.05) is 20.8 Å². The topological polar surface area (TPSA) is 0 Å². The Balaban J connectivity index is 3.35. The molecule has 0 aliphatic heterocycles. The monoisotopic (exact) mass is 113 g/mol. The van der Waals surface area contributed by atoms with Gasteiger partial charge in [-0.15, -0.1) is 0 Å². The van der Waals surface area contributed by atoms with Crippen LogP contribution in [0.2, 0.25) is 0 Å². The van der Waals surface area contributed by atoms with Crippen molar-refractivity contribution in [1.29, 1.82) is 0 Å². The number of hydrogen-bond acceptors (Lipinski definition) is 0. The summed E-state index contributed by atoms with van der Waals surface area (Å²) in [6, 6.07) is 0. The van der Waals surface area contributed by atoms with Gasteiger partial charge in [0.2, 0.25) is 0 Å². The zero-order valence-electron chi connectivity index (χ0n) is 6.44. The first kappa shape index (κ1) is 7.87. The minimum Gasteiger partial charge on any atom is -0.0610 e. The summed E-state index contributed by atoms with van der Waals surface area (Å²) in [6.45, 7) is 8.93. The molecule has 0 rings (SSSR count). The maximum absolute atomic E-state index is 2.30. The lowest BCUT2D eigenvalue weighted by Gasteiger charge is -2.07. The van der Waals surface area contributed by atoms with Crippen molar-refractivity contribution in [3.8, 4) is 0 Å². The normalized spacial score (nSPS) is 14.1. The highest BCUT2D eigenvalue weighted by Crippen LogP contribution is 2.16. The van der Waals surface area contributed by atoms with Crippen molar-refractivity contribution in [2.45, 2.75) is 34.1 Å². The molecule has 8 heavy (non-hydrogen) atoms. The van der Waals surface area contributed by atoms with E-state index in [1.165, 1.54) is 6.42 Å². The highest BCUT2D eigenvalue weighted by atomic mass is 14.1. The van der Waals surface area contributed by atoms with E-state index in [2.05, 4.69) is 34.1 Å². The Kier molecular flexibility index (Phi) is 3.76. The van der Waals surface area contributed by atoms with Gasteiger partial charge in [-0.05, 0) is 12.3 Å². The second-order valence-electron chi connectivity index (χ2n) is 2.65. The fraction of sp³-hybridized carbons (Fsp3) is 0.875. The lowest BCUT2D eigenvalue weighted by atomic mass is 9.91. The predicted molar refractivity (Wildman–Crippen MR) is 38.6 cm³/mol. The molecule has 0 bridgehead atoms. The van der Waals surface area contributed by atoms with Crippen LogP contribution in [0.5, 0.6) is 0 Å². The number of hydrogen-bond donors (Lipinski definition) is 0. The quantitative estimate of drug-likeness (QED) is 0.494. The van der Waals surface area contributed by atoms with Gasteiger partial charge in [0, 0.05) is 0 Å². The molecule has 0 aromatic rings. The highest BCUT2D eigenvalue weighted by molar-refractivity contribution is 4.72. The van der Waals surface area contributed by atoms with E-state index in [0.717, 1.165) is 11.8 Å². The highest BCUT2D eigenvalue weighted by Gasteiger charge is 2.14. The SMILES string of the molecule is C[CH+]C(CC)C(C)C. The Morgan fingerprint density at radius 3 is 1.88 bits per heavy atom. The zero-order valence-corrected chi connectivity index (χ0v) is 6.44. The van der Waals surface area contributed by atoms with Gasteiger partial charge in [0.05, 0.1) is 19.3 Å². The summed E-state index contributed by atoms with van der Waals surface area (Å²) in [5, 5.41) is 0. The molecule has 0 fully saturated rings. The summed E-state index contributed by atoms with van der Waals surface area (Å²) in [5.41, 5.74) is 0. The Morgan fingerprint density at radius 2 is 1.88 bits per heavy atom. The molecule has 48 valence electrons. The molecule has 0 saturated carbocycles. The van der Waals surface area contributed by atoms with Crippen LogP contribution >= 0.6 is 0 Å². The third kappa shape index (κ3) is 2.25. The molecule has 1 unspecified atom stereocenters. The van der Waals surface area contributed by atoms with Crippen LogP contribution in [0.1, 0.15) is 34.1 Å². The largest absolute Gasteiger partial charge is 0.0994 e. The maximum atomic E-state index is 2.30. The molecule has 0 heteroatoms. The minimum atomic E-state index is 0.824. The van der Waals surface area contributed by atoms with Gasteiger partial charge in [0.1, 0.15) is 0 Å². The lowest BCUT2D eigenvalue weighted by Crippen LogP contribution is -2.05. The van der Waals surface area contributed by atoms with E-state index in [1.54, 1.807) is 0 Å². The average Bonchev–Trinajstić information content (AvgIpc) is 1.69. The summed E-state index contributed by atoms with van der Waals surface area (Å²) in [4.78, 5) is 0. The Morgan fingerprint density at radius 1 is 1.38 bits per heavy atom. The van der Waals surface area contributed by atoms with E-state index in [-0.39, 0.29) is 0 Å². The molecule has 0 aliphatic carbocycles. The van der Waals surface area contributed by atoms with Crippen molar-refractivity contribution in [3.63, 3.8) is 0 Å². The van der Waals surface area contributed by atoms with Crippen molar-refractivity contribution in [1.82, 2.24) is 0 Å². The molecule has 0 spiro atoms. The molecular weight excluding hydrogens is 96.1 g/mol. The summed E-state index contributed by atoms with van der Waals surface area (Å²) < 4.78 is 0. The van der Waals surface area contributed by atoms with Gasteiger partial charge in [0.15, 0.2) is 0 Å². The Hall–Kier alpha value is -0.130. The second-order valence-corrected chi connectivity index (χ2v) is 2.65. The summed E-state index contributed by atoms with van der Waals surface area (Å²) >= 11 is 0. The standard InChI is InChI=1S/C8H17/c1-5-8(6-2)7(3)4/h5,7-8H,6H2,1-4H3/q+1. The van der Waals surface area contributed by atoms with E-state index in [4.69, 9.17) is 0 Å². The average molecular weight is 113 g/mol. The van der Waals surface area contributed by atoms with Gasteiger partial charge in [-0.25, -0.2) is 0 Å². The second kappa shape index (κ2) is 3.82. The molecule has 0 saturated heterocycles. The molecule has 0 radical (unpaired) electrons. The molecule has 0 aromatic carbocycles. The third-order valence-corrected chi connectivity index (χ3v) is 1.76. The van der Waals surface area contributed by atoms with Crippen LogP contribution in [-0.4, -0.2) is 0 Å². The fourth-order valence-electron chi connectivity index (χ4n) is 1.09. The Labute approximate surface area is 53.3 Å². The summed E-state index contributed by atoms with van der Waals surface area (Å²) in [6.07, 6.45) is 3.58. The van der Waals surface area contributed by atoms with Crippen LogP contribution in [0.15, 0.2) is 0 Å². The van der Waals surface area contributed by atoms with Gasteiger partial charge in [0.25, 0.3) is 0 Å². The van der Waals surface area contributed by atoms with Crippen molar-refractivity contribution < 1.29 is 0 Å². The lowest BCUT2D eigenvalue weighted by molar-refractivity contribution is 0.425. The van der Waals surface area contributed by atoms with Crippen molar-refractivity contribution in [2.75, 3.05) is 0 Å². The minimum absolute atomic E-state index is 0.824. The first-order chi connectivity index (χ1) is 3.72. The Bertz CT molecular complexity index is 42.0. The van der Waals surface area contributed by atoms with E-state index in [1.807, 2.05) is 0 Å². The van der Waals surface area contributed by atoms with E-state index in [9.17, 15) is 0 Å². The van der Waals surface area contributed by atoms with Crippen LogP contribution in [0, 0.1) is 18.3 Å². The molecule has 0 aromatic heterocycles. The summed E-state index contributed by atoms with van der Waals surface area (Å²) in [7, 11) is 0. The van der Waals surface area contributed by atoms with Gasteiger partial charge in [-0.3, -0.25) is 0 Å². The van der Waals surface area contributed by atoms with Crippen LogP contribution in [-0.2, 0) is 0 Å². The molecule has 0 N–H and O–H groups in total. The molecule has 0 aliphatic rings. The molecule has 0 amide bonds. The smallest absolute Gasteiger partial charge is 0.0610 e. The van der Waals surface area contributed by atoms with Gasteiger partial charge >= 0.3 is 0 Å². The van der Waals surface area contributed by atoms with Crippen LogP contribution in [0.4, 0.5) is 0 Å². The molecular formula is C8H17+. The molecule has 1 atom stereocenters. The van der Waals surface area contributed by atoms with Crippen LogP contribution in [0.25, 0.3) is 0 Å². The first-order valence-corrected chi connectivity index (χ1v) is 3.51. The van der Waals surface area contributed by atoms with Crippen LogP contribution in [0.3, 0.4) is 0 Å². The van der Waals surface area contributed by atoms with Gasteiger partial charge in [-0.2, -0.15) is 0 Å².